The van der Waals surface area contributed by atoms with Gasteiger partial charge < -0.3 is 4.90 Å². The molecular weight excluding hydrogens is 202 g/mol. The molecule has 1 aliphatic rings. The van der Waals surface area contributed by atoms with Crippen LogP contribution in [0.5, 0.6) is 0 Å². The molecule has 1 aromatic rings. The summed E-state index contributed by atoms with van der Waals surface area (Å²) in [5.74, 6) is 6.85. The molecule has 0 radical (unpaired) electrons. The zero-order valence-electron chi connectivity index (χ0n) is 9.90. The van der Waals surface area contributed by atoms with Crippen LogP contribution in [0, 0.1) is 6.92 Å². The molecule has 0 saturated carbocycles. The second kappa shape index (κ2) is 4.65. The third-order valence-electron chi connectivity index (χ3n) is 3.19. The standard InChI is InChI=1S/C11H19N5/c1-3-9-5-4-6-16(9)10-8(2)7-13-11(14-10)15-12/h7,9H,3-6,12H2,1-2H3,(H,13,14,15). The second-order valence-corrected chi connectivity index (χ2v) is 4.24. The van der Waals surface area contributed by atoms with Crippen molar-refractivity contribution in [2.45, 2.75) is 39.2 Å². The van der Waals surface area contributed by atoms with Crippen LogP contribution in [0.2, 0.25) is 0 Å². The van der Waals surface area contributed by atoms with Gasteiger partial charge in [-0.25, -0.2) is 10.8 Å². The summed E-state index contributed by atoms with van der Waals surface area (Å²) < 4.78 is 0. The van der Waals surface area contributed by atoms with Gasteiger partial charge in [-0.2, -0.15) is 4.98 Å². The zero-order chi connectivity index (χ0) is 11.5. The van der Waals surface area contributed by atoms with E-state index in [-0.39, 0.29) is 0 Å². The molecule has 0 aliphatic carbocycles. The molecule has 88 valence electrons. The fourth-order valence-electron chi connectivity index (χ4n) is 2.33. The van der Waals surface area contributed by atoms with Gasteiger partial charge in [-0.15, -0.1) is 0 Å². The Bertz CT molecular complexity index is 365. The minimum absolute atomic E-state index is 0.488. The first-order chi connectivity index (χ1) is 7.76. The normalized spacial score (nSPS) is 20.2. The molecule has 1 aromatic heterocycles. The predicted molar refractivity (Wildman–Crippen MR) is 65.2 cm³/mol. The van der Waals surface area contributed by atoms with Gasteiger partial charge in [0.05, 0.1) is 0 Å². The minimum Gasteiger partial charge on any atom is -0.353 e. The molecule has 1 fully saturated rings. The van der Waals surface area contributed by atoms with Crippen molar-refractivity contribution in [3.8, 4) is 0 Å². The molecule has 2 heterocycles. The number of hydrazine groups is 1. The topological polar surface area (TPSA) is 67.1 Å². The van der Waals surface area contributed by atoms with Crippen LogP contribution in [0.15, 0.2) is 6.20 Å². The number of nitrogens with zero attached hydrogens (tertiary/aromatic N) is 3. The summed E-state index contributed by atoms with van der Waals surface area (Å²) in [6.07, 6.45) is 5.48. The lowest BCUT2D eigenvalue weighted by Crippen LogP contribution is -2.30. The number of nitrogen functional groups attached to an aromatic ring is 1. The lowest BCUT2D eigenvalue weighted by molar-refractivity contribution is 0.639. The summed E-state index contributed by atoms with van der Waals surface area (Å²) in [7, 11) is 0. The largest absolute Gasteiger partial charge is 0.353 e. The highest BCUT2D eigenvalue weighted by molar-refractivity contribution is 5.50. The van der Waals surface area contributed by atoms with Crippen LogP contribution in [-0.2, 0) is 0 Å². The summed E-state index contributed by atoms with van der Waals surface area (Å²) in [5, 5.41) is 0. The van der Waals surface area contributed by atoms with Gasteiger partial charge in [0.15, 0.2) is 0 Å². The van der Waals surface area contributed by atoms with Crippen LogP contribution in [-0.4, -0.2) is 22.6 Å². The van der Waals surface area contributed by atoms with Crippen LogP contribution < -0.4 is 16.2 Å². The Morgan fingerprint density at radius 3 is 3.12 bits per heavy atom. The van der Waals surface area contributed by atoms with Gasteiger partial charge in [0.2, 0.25) is 5.95 Å². The van der Waals surface area contributed by atoms with Crippen molar-refractivity contribution in [3.63, 3.8) is 0 Å². The number of anilines is 2. The third-order valence-corrected chi connectivity index (χ3v) is 3.19. The molecule has 0 bridgehead atoms. The van der Waals surface area contributed by atoms with E-state index < -0.39 is 0 Å². The second-order valence-electron chi connectivity index (χ2n) is 4.24. The van der Waals surface area contributed by atoms with Gasteiger partial charge in [0.25, 0.3) is 0 Å². The van der Waals surface area contributed by atoms with E-state index in [1.165, 1.54) is 12.8 Å². The van der Waals surface area contributed by atoms with E-state index >= 15 is 0 Å². The van der Waals surface area contributed by atoms with Gasteiger partial charge in [-0.1, -0.05) is 6.92 Å². The van der Waals surface area contributed by atoms with Gasteiger partial charge >= 0.3 is 0 Å². The number of hydrogen-bond acceptors (Lipinski definition) is 5. The van der Waals surface area contributed by atoms with Crippen molar-refractivity contribution in [3.05, 3.63) is 11.8 Å². The predicted octanol–water partition coefficient (Wildman–Crippen LogP) is 1.45. The lowest BCUT2D eigenvalue weighted by atomic mass is 10.1. The van der Waals surface area contributed by atoms with E-state index in [9.17, 15) is 0 Å². The highest BCUT2D eigenvalue weighted by atomic mass is 15.3. The molecule has 2 rings (SSSR count). The molecule has 1 saturated heterocycles. The zero-order valence-corrected chi connectivity index (χ0v) is 9.90. The molecule has 3 N–H and O–H groups in total. The number of nitrogens with one attached hydrogen (secondary N) is 1. The molecule has 0 amide bonds. The highest BCUT2D eigenvalue weighted by Crippen LogP contribution is 2.28. The highest BCUT2D eigenvalue weighted by Gasteiger charge is 2.25. The molecule has 0 aromatic carbocycles. The molecule has 1 unspecified atom stereocenters. The summed E-state index contributed by atoms with van der Waals surface area (Å²) in [6.45, 7) is 5.35. The summed E-state index contributed by atoms with van der Waals surface area (Å²) in [5.41, 5.74) is 3.61. The Kier molecular flexibility index (Phi) is 3.24. The van der Waals surface area contributed by atoms with Gasteiger partial charge in [-0.05, 0) is 26.2 Å². The third kappa shape index (κ3) is 1.95. The minimum atomic E-state index is 0.488. The van der Waals surface area contributed by atoms with Crippen molar-refractivity contribution < 1.29 is 0 Å². The maximum absolute atomic E-state index is 5.34. The van der Waals surface area contributed by atoms with Crippen molar-refractivity contribution in [2.24, 2.45) is 5.84 Å². The van der Waals surface area contributed by atoms with Crippen molar-refractivity contribution in [2.75, 3.05) is 16.9 Å². The van der Waals surface area contributed by atoms with Crippen LogP contribution in [0.4, 0.5) is 11.8 Å². The Balaban J connectivity index is 2.31. The summed E-state index contributed by atoms with van der Waals surface area (Å²) >= 11 is 0. The van der Waals surface area contributed by atoms with Crippen molar-refractivity contribution in [1.82, 2.24) is 9.97 Å². The number of aromatic nitrogens is 2. The number of aryl methyl sites for hydroxylation is 1. The van der Waals surface area contributed by atoms with E-state index in [0.29, 0.717) is 12.0 Å². The van der Waals surface area contributed by atoms with Crippen molar-refractivity contribution in [1.29, 1.82) is 0 Å². The number of hydrogen-bond donors (Lipinski definition) is 2. The Labute approximate surface area is 96.0 Å². The van der Waals surface area contributed by atoms with E-state index in [2.05, 4.69) is 27.2 Å². The quantitative estimate of drug-likeness (QED) is 0.597. The van der Waals surface area contributed by atoms with Crippen molar-refractivity contribution >= 4 is 11.8 Å². The smallest absolute Gasteiger partial charge is 0.239 e. The van der Waals surface area contributed by atoms with Crippen LogP contribution >= 0.6 is 0 Å². The van der Waals surface area contributed by atoms with Crippen LogP contribution in [0.1, 0.15) is 31.7 Å². The Hall–Kier alpha value is -1.36. The van der Waals surface area contributed by atoms with Gasteiger partial charge in [-0.3, -0.25) is 5.43 Å². The maximum Gasteiger partial charge on any atom is 0.239 e. The Morgan fingerprint density at radius 2 is 2.44 bits per heavy atom. The fourth-order valence-corrected chi connectivity index (χ4v) is 2.33. The first-order valence-electron chi connectivity index (χ1n) is 5.83. The number of nitrogens with two attached hydrogens (primary N) is 1. The number of rotatable bonds is 3. The Morgan fingerprint density at radius 1 is 1.62 bits per heavy atom. The summed E-state index contributed by atoms with van der Waals surface area (Å²) in [4.78, 5) is 10.9. The molecule has 5 nitrogen and oxygen atoms in total. The fraction of sp³-hybridized carbons (Fsp3) is 0.636. The molecule has 1 aliphatic heterocycles. The van der Waals surface area contributed by atoms with Gasteiger partial charge in [0.1, 0.15) is 5.82 Å². The lowest BCUT2D eigenvalue weighted by Gasteiger charge is -2.26. The van der Waals surface area contributed by atoms with E-state index in [4.69, 9.17) is 5.84 Å². The molecule has 16 heavy (non-hydrogen) atoms. The van der Waals surface area contributed by atoms with Crippen LogP contribution in [0.3, 0.4) is 0 Å². The molecular formula is C11H19N5. The SMILES string of the molecule is CCC1CCCN1c1nc(NN)ncc1C. The average Bonchev–Trinajstić information content (AvgIpc) is 2.77. The monoisotopic (exact) mass is 221 g/mol. The first-order valence-corrected chi connectivity index (χ1v) is 5.83. The first kappa shape index (κ1) is 11.1. The van der Waals surface area contributed by atoms with Crippen LogP contribution in [0.25, 0.3) is 0 Å². The van der Waals surface area contributed by atoms with E-state index in [1.54, 1.807) is 0 Å². The molecule has 1 atom stereocenters. The van der Waals surface area contributed by atoms with Gasteiger partial charge in [0, 0.05) is 24.3 Å². The van der Waals surface area contributed by atoms with E-state index in [1.807, 2.05) is 13.1 Å². The molecule has 0 spiro atoms. The van der Waals surface area contributed by atoms with E-state index in [0.717, 1.165) is 24.3 Å². The maximum atomic E-state index is 5.34. The average molecular weight is 221 g/mol. The molecule has 5 heteroatoms. The summed E-state index contributed by atoms with van der Waals surface area (Å²) in [6, 6.07) is 0.610.